The molecule has 0 radical (unpaired) electrons. The Bertz CT molecular complexity index is 1470. The molecule has 2 aliphatic rings. The van der Waals surface area contributed by atoms with Crippen LogP contribution in [0.15, 0.2) is 42.6 Å². The van der Waals surface area contributed by atoms with Gasteiger partial charge in [-0.05, 0) is 80.3 Å². The Balaban J connectivity index is 1.30. The van der Waals surface area contributed by atoms with Gasteiger partial charge in [0.15, 0.2) is 0 Å². The number of benzene rings is 2. The van der Waals surface area contributed by atoms with E-state index in [1.54, 1.807) is 42.6 Å². The maximum Gasteiger partial charge on any atom is 0.411 e. The second-order valence-electron chi connectivity index (χ2n) is 11.8. The van der Waals surface area contributed by atoms with Crippen LogP contribution >= 0.6 is 0 Å². The first-order chi connectivity index (χ1) is 18.4. The molecule has 8 nitrogen and oxygen atoms in total. The Morgan fingerprint density at radius 3 is 2.62 bits per heavy atom. The molecule has 5 rings (SSSR count). The Hall–Kier alpha value is -3.93. The smallest absolute Gasteiger partial charge is 0.411 e. The van der Waals surface area contributed by atoms with Crippen LogP contribution in [0.5, 0.6) is 0 Å². The molecule has 4 unspecified atom stereocenters. The van der Waals surface area contributed by atoms with E-state index in [9.17, 15) is 14.9 Å². The fourth-order valence-electron chi connectivity index (χ4n) is 6.09. The highest BCUT2D eigenvalue weighted by Gasteiger charge is 2.55. The summed E-state index contributed by atoms with van der Waals surface area (Å²) in [6.45, 7) is 7.46. The van der Waals surface area contributed by atoms with Crippen molar-refractivity contribution in [2.45, 2.75) is 70.7 Å². The van der Waals surface area contributed by atoms with Gasteiger partial charge < -0.3 is 10.1 Å². The van der Waals surface area contributed by atoms with E-state index in [4.69, 9.17) is 4.74 Å². The molecule has 2 aromatic carbocycles. The molecule has 2 fully saturated rings. The lowest BCUT2D eigenvalue weighted by Gasteiger charge is -2.38. The highest BCUT2D eigenvalue weighted by Crippen LogP contribution is 2.46. The summed E-state index contributed by atoms with van der Waals surface area (Å²) in [5, 5.41) is 17.8. The van der Waals surface area contributed by atoms with Crippen molar-refractivity contribution in [1.82, 2.24) is 20.0 Å². The lowest BCUT2D eigenvalue weighted by Crippen LogP contribution is -2.56. The Kier molecular flexibility index (Phi) is 6.83. The molecule has 1 saturated carbocycles. The zero-order chi connectivity index (χ0) is 28.1. The van der Waals surface area contributed by atoms with Gasteiger partial charge in [0.25, 0.3) is 0 Å². The van der Waals surface area contributed by atoms with E-state index >= 15 is 4.39 Å². The summed E-state index contributed by atoms with van der Waals surface area (Å²) >= 11 is 0. The second kappa shape index (κ2) is 9.99. The van der Waals surface area contributed by atoms with E-state index in [0.29, 0.717) is 11.1 Å². The Morgan fingerprint density at radius 2 is 1.92 bits per heavy atom. The number of likely N-dealkylation sites (tertiary alicyclic amines) is 1. The maximum atomic E-state index is 15.2. The minimum atomic E-state index is -0.945. The van der Waals surface area contributed by atoms with Crippen LogP contribution in [0, 0.1) is 29.0 Å². The number of aryl methyl sites for hydroxylation is 1. The summed E-state index contributed by atoms with van der Waals surface area (Å²) in [4.78, 5) is 28.0. The van der Waals surface area contributed by atoms with Gasteiger partial charge in [-0.1, -0.05) is 25.1 Å². The molecule has 2 amide bonds. The molecule has 0 spiro atoms. The monoisotopic (exact) mass is 531 g/mol. The third-order valence-electron chi connectivity index (χ3n) is 7.92. The normalized spacial score (nSPS) is 23.1. The number of fused-ring (bicyclic) bond motifs is 3. The first kappa shape index (κ1) is 26.7. The van der Waals surface area contributed by atoms with Crippen molar-refractivity contribution < 1.29 is 18.7 Å². The maximum absolute atomic E-state index is 15.2. The van der Waals surface area contributed by atoms with Crippen LogP contribution in [-0.2, 0) is 23.0 Å². The minimum absolute atomic E-state index is 0.00460. The Morgan fingerprint density at radius 1 is 1.21 bits per heavy atom. The number of ether oxygens (including phenoxy) is 1. The molecule has 9 heteroatoms. The molecule has 5 atom stereocenters. The number of carbonyl (C=O) groups excluding carboxylic acids is 2. The number of rotatable bonds is 5. The average molecular weight is 532 g/mol. The number of hydrogen-bond acceptors (Lipinski definition) is 5. The number of halogens is 1. The number of nitrogens with one attached hydrogen (secondary N) is 1. The molecule has 1 aromatic heterocycles. The third-order valence-corrected chi connectivity index (χ3v) is 7.92. The predicted octanol–water partition coefficient (Wildman–Crippen LogP) is 4.96. The minimum Gasteiger partial charge on any atom is -0.444 e. The molecule has 1 saturated heterocycles. The molecule has 3 aromatic rings. The van der Waals surface area contributed by atoms with E-state index in [0.717, 1.165) is 29.3 Å². The van der Waals surface area contributed by atoms with E-state index in [-0.39, 0.29) is 24.3 Å². The summed E-state index contributed by atoms with van der Waals surface area (Å²) in [6, 6.07) is 11.1. The number of hydrogen-bond donors (Lipinski definition) is 1. The number of carbonyl (C=O) groups is 2. The highest BCUT2D eigenvalue weighted by atomic mass is 19.1. The topological polar surface area (TPSA) is 100 Å². The van der Waals surface area contributed by atoms with Crippen LogP contribution in [0.1, 0.15) is 46.1 Å². The van der Waals surface area contributed by atoms with Crippen molar-refractivity contribution in [1.29, 1.82) is 5.26 Å². The molecule has 1 N–H and O–H groups in total. The molecule has 39 heavy (non-hydrogen) atoms. The van der Waals surface area contributed by atoms with Crippen molar-refractivity contribution in [2.75, 3.05) is 0 Å². The third kappa shape index (κ3) is 5.20. The zero-order valence-electron chi connectivity index (χ0n) is 22.9. The van der Waals surface area contributed by atoms with Gasteiger partial charge in [-0.2, -0.15) is 10.4 Å². The number of nitrogens with zero attached hydrogens (tertiary/aromatic N) is 4. The number of piperidine rings is 1. The fourth-order valence-corrected chi connectivity index (χ4v) is 6.09. The number of amides is 2. The summed E-state index contributed by atoms with van der Waals surface area (Å²) in [5.41, 5.74) is 2.20. The molecule has 204 valence electrons. The van der Waals surface area contributed by atoms with Crippen molar-refractivity contribution >= 4 is 22.9 Å². The second-order valence-corrected chi connectivity index (χ2v) is 11.8. The van der Waals surface area contributed by atoms with Crippen LogP contribution in [0.25, 0.3) is 22.0 Å². The van der Waals surface area contributed by atoms with Gasteiger partial charge in [0.05, 0.1) is 17.8 Å². The molecular formula is C30H34FN5O3. The van der Waals surface area contributed by atoms with E-state index in [1.807, 2.05) is 31.3 Å². The van der Waals surface area contributed by atoms with Crippen LogP contribution in [-0.4, -0.2) is 50.4 Å². The van der Waals surface area contributed by atoms with Gasteiger partial charge in [0.1, 0.15) is 23.5 Å². The molecule has 1 aliphatic heterocycles. The first-order valence-electron chi connectivity index (χ1n) is 13.4. The zero-order valence-corrected chi connectivity index (χ0v) is 22.9. The Labute approximate surface area is 227 Å². The average Bonchev–Trinajstić information content (AvgIpc) is 3.55. The van der Waals surface area contributed by atoms with Gasteiger partial charge in [-0.15, -0.1) is 0 Å². The van der Waals surface area contributed by atoms with Crippen molar-refractivity contribution in [3.63, 3.8) is 0 Å². The van der Waals surface area contributed by atoms with Crippen LogP contribution in [0.2, 0.25) is 0 Å². The van der Waals surface area contributed by atoms with E-state index < -0.39 is 35.5 Å². The van der Waals surface area contributed by atoms with Crippen LogP contribution in [0.4, 0.5) is 9.18 Å². The predicted molar refractivity (Wildman–Crippen MR) is 145 cm³/mol. The van der Waals surface area contributed by atoms with E-state index in [2.05, 4.69) is 23.4 Å². The lowest BCUT2D eigenvalue weighted by molar-refractivity contribution is -0.129. The largest absolute Gasteiger partial charge is 0.444 e. The highest BCUT2D eigenvalue weighted by molar-refractivity contribution is 5.88. The van der Waals surface area contributed by atoms with Crippen LogP contribution in [0.3, 0.4) is 0 Å². The van der Waals surface area contributed by atoms with Crippen molar-refractivity contribution in [2.24, 2.45) is 18.9 Å². The molecule has 2 bridgehead atoms. The van der Waals surface area contributed by atoms with Crippen molar-refractivity contribution in [3.8, 4) is 17.2 Å². The van der Waals surface area contributed by atoms with Gasteiger partial charge in [-0.25, -0.2) is 9.18 Å². The van der Waals surface area contributed by atoms with Crippen molar-refractivity contribution in [3.05, 3.63) is 54.0 Å². The van der Waals surface area contributed by atoms with Crippen LogP contribution < -0.4 is 5.32 Å². The van der Waals surface area contributed by atoms with E-state index in [1.165, 1.54) is 6.07 Å². The van der Waals surface area contributed by atoms with Gasteiger partial charge in [-0.3, -0.25) is 14.4 Å². The fraction of sp³-hybridized carbons (Fsp3) is 0.467. The first-order valence-corrected chi connectivity index (χ1v) is 13.4. The van der Waals surface area contributed by atoms with Gasteiger partial charge in [0.2, 0.25) is 5.91 Å². The number of aromatic nitrogens is 2. The molecule has 1 aliphatic carbocycles. The summed E-state index contributed by atoms with van der Waals surface area (Å²) in [6.07, 6.45) is 2.82. The summed E-state index contributed by atoms with van der Waals surface area (Å²) < 4.78 is 22.6. The van der Waals surface area contributed by atoms with Gasteiger partial charge in [0, 0.05) is 24.9 Å². The number of nitriles is 1. The summed E-state index contributed by atoms with van der Waals surface area (Å²) in [5.74, 6) is -0.568. The lowest BCUT2D eigenvalue weighted by atomic mass is 9.88. The standard InChI is InChI=1S/C30H34FN5O3/c1-17-10-23-14-24(17)27(36(23)29(38)39-30(2,3)4)28(37)34-22(15-32)12-20-7-6-19(13-25(20)31)18-8-9-26-21(11-18)16-33-35(26)5/h6-9,11,13,16-17,22-24,27H,10,12,14H2,1-5H3,(H,34,37)/t17?,22-,23?,24?,27?/m0/s1. The molecular weight excluding hydrogens is 497 g/mol. The summed E-state index contributed by atoms with van der Waals surface area (Å²) in [7, 11) is 1.87. The quantitative estimate of drug-likeness (QED) is 0.501. The van der Waals surface area contributed by atoms with Gasteiger partial charge >= 0.3 is 6.09 Å². The SMILES string of the molecule is CC1CC2CC1C(C(=O)N[C@H](C#N)Cc1ccc(-c3ccc4c(cnn4C)c3)cc1F)N2C(=O)OC(C)(C)C. The molecule has 2 heterocycles.